The van der Waals surface area contributed by atoms with Crippen molar-refractivity contribution in [2.45, 2.75) is 50.4 Å². The van der Waals surface area contributed by atoms with Crippen molar-refractivity contribution in [3.8, 4) is 11.5 Å². The molecule has 1 aliphatic carbocycles. The van der Waals surface area contributed by atoms with E-state index in [-0.39, 0.29) is 60.8 Å². The zero-order valence-corrected chi connectivity index (χ0v) is 22.5. The van der Waals surface area contributed by atoms with E-state index in [1.807, 2.05) is 0 Å². The lowest BCUT2D eigenvalue weighted by Gasteiger charge is -2.38. The van der Waals surface area contributed by atoms with Crippen LogP contribution in [0.15, 0.2) is 60.7 Å². The minimum Gasteiger partial charge on any atom is -0.488 e. The SMILES string of the molecule is N=C(N)c1cccc(COc2cc(C(N)=O)cc(OCc3cccc(C(=N)N)c3)c2C2(C(=O)O)CCC(N)CC2)c1. The largest absolute Gasteiger partial charge is 0.488 e. The Bertz CT molecular complexity index is 1410. The summed E-state index contributed by atoms with van der Waals surface area (Å²) in [7, 11) is 0. The minimum atomic E-state index is -1.39. The third-order valence-corrected chi connectivity index (χ3v) is 7.39. The number of carboxylic acid groups (broad SMARTS) is 1. The summed E-state index contributed by atoms with van der Waals surface area (Å²) in [5.41, 5.74) is 24.5. The molecular formula is C30H34N6O5. The van der Waals surface area contributed by atoms with Crippen LogP contribution in [0, 0.1) is 10.8 Å². The lowest BCUT2D eigenvalue weighted by molar-refractivity contribution is -0.145. The number of primary amides is 1. The van der Waals surface area contributed by atoms with Crippen LogP contribution in [0.25, 0.3) is 0 Å². The summed E-state index contributed by atoms with van der Waals surface area (Å²) in [6.07, 6.45) is 1.44. The van der Waals surface area contributed by atoms with Crippen LogP contribution < -0.4 is 32.4 Å². The van der Waals surface area contributed by atoms with Crippen molar-refractivity contribution in [3.05, 3.63) is 94.0 Å². The van der Waals surface area contributed by atoms with Gasteiger partial charge in [0.1, 0.15) is 41.8 Å². The number of carbonyl (C=O) groups excluding carboxylic acids is 1. The van der Waals surface area contributed by atoms with Gasteiger partial charge >= 0.3 is 5.97 Å². The fourth-order valence-electron chi connectivity index (χ4n) is 5.11. The van der Waals surface area contributed by atoms with Crippen LogP contribution in [0.4, 0.5) is 0 Å². The fraction of sp³-hybridized carbons (Fsp3) is 0.267. The summed E-state index contributed by atoms with van der Waals surface area (Å²) in [5, 5.41) is 26.0. The number of benzene rings is 3. The number of carbonyl (C=O) groups is 2. The minimum absolute atomic E-state index is 0.00560. The van der Waals surface area contributed by atoms with Gasteiger partial charge in [0.25, 0.3) is 0 Å². The number of nitrogens with two attached hydrogens (primary N) is 4. The second-order valence-electron chi connectivity index (χ2n) is 10.2. The molecule has 11 nitrogen and oxygen atoms in total. The lowest BCUT2D eigenvalue weighted by Crippen LogP contribution is -2.43. The van der Waals surface area contributed by atoms with Crippen molar-refractivity contribution < 1.29 is 24.2 Å². The number of hydrogen-bond acceptors (Lipinski definition) is 7. The number of ether oxygens (including phenoxy) is 2. The maximum atomic E-state index is 13.0. The van der Waals surface area contributed by atoms with Gasteiger partial charge in [-0.25, -0.2) is 0 Å². The topological polar surface area (TPSA) is 225 Å². The first kappa shape index (κ1) is 29.1. The number of carboxylic acids is 1. The predicted octanol–water partition coefficient (Wildman–Crippen LogP) is 2.74. The molecular weight excluding hydrogens is 524 g/mol. The summed E-state index contributed by atoms with van der Waals surface area (Å²) in [6, 6.07) is 16.6. The van der Waals surface area contributed by atoms with Crippen LogP contribution in [-0.4, -0.2) is 34.7 Å². The Morgan fingerprint density at radius 1 is 0.805 bits per heavy atom. The second kappa shape index (κ2) is 12.1. The van der Waals surface area contributed by atoms with Crippen LogP contribution in [0.2, 0.25) is 0 Å². The van der Waals surface area contributed by atoms with E-state index in [4.69, 9.17) is 43.2 Å². The third kappa shape index (κ3) is 6.47. The third-order valence-electron chi connectivity index (χ3n) is 7.39. The Labute approximate surface area is 237 Å². The van der Waals surface area contributed by atoms with Crippen molar-refractivity contribution in [2.75, 3.05) is 0 Å². The molecule has 1 saturated carbocycles. The first-order chi connectivity index (χ1) is 19.5. The number of amidine groups is 2. The molecule has 3 aromatic carbocycles. The standard InChI is InChI=1S/C30H34N6O5/c31-22-7-9-30(10-8-22,29(38)39)25-23(40-15-17-3-1-5-19(11-17)26(32)33)13-21(28(36)37)14-24(25)41-16-18-4-2-6-20(12-18)27(34)35/h1-6,11-14,22H,7-10,15-16,31H2,(H3,32,33)(H3,34,35)(H2,36,37)(H,38,39). The molecule has 0 radical (unpaired) electrons. The molecule has 0 aliphatic heterocycles. The van der Waals surface area contributed by atoms with Gasteiger partial charge in [-0.05, 0) is 61.1 Å². The van der Waals surface area contributed by atoms with Crippen molar-refractivity contribution in [2.24, 2.45) is 22.9 Å². The number of hydrogen-bond donors (Lipinski definition) is 7. The molecule has 1 aliphatic rings. The highest BCUT2D eigenvalue weighted by Gasteiger charge is 2.47. The van der Waals surface area contributed by atoms with Crippen molar-refractivity contribution in [3.63, 3.8) is 0 Å². The van der Waals surface area contributed by atoms with E-state index in [1.165, 1.54) is 12.1 Å². The lowest BCUT2D eigenvalue weighted by atomic mass is 9.67. The smallest absolute Gasteiger partial charge is 0.314 e. The molecule has 0 aromatic heterocycles. The Morgan fingerprint density at radius 3 is 1.66 bits per heavy atom. The van der Waals surface area contributed by atoms with E-state index in [9.17, 15) is 14.7 Å². The van der Waals surface area contributed by atoms with Gasteiger partial charge in [0.15, 0.2) is 0 Å². The van der Waals surface area contributed by atoms with Crippen LogP contribution >= 0.6 is 0 Å². The number of aliphatic carboxylic acids is 1. The van der Waals surface area contributed by atoms with E-state index in [2.05, 4.69) is 0 Å². The van der Waals surface area contributed by atoms with Gasteiger partial charge < -0.3 is 37.5 Å². The van der Waals surface area contributed by atoms with Crippen molar-refractivity contribution in [1.29, 1.82) is 10.8 Å². The van der Waals surface area contributed by atoms with Crippen LogP contribution in [-0.2, 0) is 23.4 Å². The van der Waals surface area contributed by atoms with Gasteiger partial charge in [0.05, 0.1) is 5.56 Å². The maximum absolute atomic E-state index is 13.0. The fourth-order valence-corrected chi connectivity index (χ4v) is 5.11. The summed E-state index contributed by atoms with van der Waals surface area (Å²) in [5.74, 6) is -1.69. The van der Waals surface area contributed by atoms with E-state index < -0.39 is 17.3 Å². The maximum Gasteiger partial charge on any atom is 0.314 e. The molecule has 11 heteroatoms. The summed E-state index contributed by atoms with van der Waals surface area (Å²) < 4.78 is 12.4. The zero-order chi connectivity index (χ0) is 29.7. The first-order valence-corrected chi connectivity index (χ1v) is 13.1. The highest BCUT2D eigenvalue weighted by atomic mass is 16.5. The van der Waals surface area contributed by atoms with Gasteiger partial charge in [-0.2, -0.15) is 0 Å². The molecule has 0 saturated heterocycles. The Balaban J connectivity index is 1.82. The van der Waals surface area contributed by atoms with E-state index in [0.29, 0.717) is 40.7 Å². The number of nitrogens with one attached hydrogen (secondary N) is 2. The Morgan fingerprint density at radius 2 is 1.27 bits per heavy atom. The molecule has 0 atom stereocenters. The Hall–Kier alpha value is -4.90. The number of amides is 1. The first-order valence-electron chi connectivity index (χ1n) is 13.1. The number of nitrogen functional groups attached to an aromatic ring is 2. The molecule has 11 N–H and O–H groups in total. The second-order valence-corrected chi connectivity index (χ2v) is 10.2. The van der Waals surface area contributed by atoms with Gasteiger partial charge in [0.2, 0.25) is 5.91 Å². The predicted molar refractivity (Wildman–Crippen MR) is 154 cm³/mol. The van der Waals surface area contributed by atoms with Gasteiger partial charge in [-0.15, -0.1) is 0 Å². The van der Waals surface area contributed by atoms with Crippen molar-refractivity contribution in [1.82, 2.24) is 0 Å². The summed E-state index contributed by atoms with van der Waals surface area (Å²) >= 11 is 0. The average Bonchev–Trinajstić information content (AvgIpc) is 2.95. The molecule has 0 heterocycles. The molecule has 4 rings (SSSR count). The van der Waals surface area contributed by atoms with E-state index in [1.54, 1.807) is 48.5 Å². The molecule has 41 heavy (non-hydrogen) atoms. The molecule has 0 unspecified atom stereocenters. The normalized spacial score (nSPS) is 18.3. The average molecular weight is 559 g/mol. The zero-order valence-electron chi connectivity index (χ0n) is 22.5. The highest BCUT2D eigenvalue weighted by molar-refractivity contribution is 5.96. The summed E-state index contributed by atoms with van der Waals surface area (Å²) in [4.78, 5) is 25.3. The summed E-state index contributed by atoms with van der Waals surface area (Å²) in [6.45, 7) is 0.0112. The molecule has 1 amide bonds. The molecule has 214 valence electrons. The van der Waals surface area contributed by atoms with Gasteiger partial charge in [0, 0.05) is 22.7 Å². The van der Waals surface area contributed by atoms with Crippen molar-refractivity contribution >= 4 is 23.5 Å². The molecule has 0 bridgehead atoms. The molecule has 1 fully saturated rings. The number of rotatable bonds is 11. The van der Waals surface area contributed by atoms with Crippen LogP contribution in [0.5, 0.6) is 11.5 Å². The Kier molecular flexibility index (Phi) is 8.58. The van der Waals surface area contributed by atoms with Gasteiger partial charge in [-0.3, -0.25) is 20.4 Å². The molecule has 0 spiro atoms. The molecule has 3 aromatic rings. The monoisotopic (exact) mass is 558 g/mol. The van der Waals surface area contributed by atoms with Crippen LogP contribution in [0.1, 0.15) is 63.9 Å². The van der Waals surface area contributed by atoms with E-state index >= 15 is 0 Å². The highest BCUT2D eigenvalue weighted by Crippen LogP contribution is 2.48. The van der Waals surface area contributed by atoms with Gasteiger partial charge in [-0.1, -0.05) is 36.4 Å². The quantitative estimate of drug-likeness (QED) is 0.136. The van der Waals surface area contributed by atoms with Crippen LogP contribution in [0.3, 0.4) is 0 Å². The van der Waals surface area contributed by atoms with E-state index in [0.717, 1.165) is 0 Å².